The number of tetrazole rings is 1. The number of amides is 1. The van der Waals surface area contributed by atoms with E-state index in [2.05, 4.69) is 20.6 Å². The number of H-pyrrole nitrogens is 1. The molecule has 14 heavy (non-hydrogen) atoms. The van der Waals surface area contributed by atoms with Crippen LogP contribution in [0.3, 0.4) is 0 Å². The first-order chi connectivity index (χ1) is 6.79. The number of anilines is 1. The largest absolute Gasteiger partial charge is 0.383 e. The highest BCUT2D eigenvalue weighted by Gasteiger charge is 2.28. The quantitative estimate of drug-likeness (QED) is 0.607. The van der Waals surface area contributed by atoms with Crippen molar-refractivity contribution in [1.82, 2.24) is 20.6 Å². The Bertz CT molecular complexity index is 312. The molecule has 0 unspecified atom stereocenters. The number of aromatic amines is 1. The van der Waals surface area contributed by atoms with Gasteiger partial charge in [-0.05, 0) is 24.5 Å². The van der Waals surface area contributed by atoms with Gasteiger partial charge in [0.25, 0.3) is 11.9 Å². The van der Waals surface area contributed by atoms with E-state index in [9.17, 15) is 9.90 Å². The lowest BCUT2D eigenvalue weighted by atomic mass is 10.2. The average Bonchev–Trinajstić information content (AvgIpc) is 2.64. The number of nitrogens with one attached hydrogen (secondary N) is 1. The van der Waals surface area contributed by atoms with Crippen molar-refractivity contribution in [2.24, 2.45) is 0 Å². The number of carbonyl (C=O) groups excluding carboxylic acids is 1. The molecule has 1 amide bonds. The van der Waals surface area contributed by atoms with Crippen LogP contribution in [0.25, 0.3) is 0 Å². The molecule has 2 heterocycles. The third-order valence-corrected chi connectivity index (χ3v) is 2.24. The number of hydrogen-bond acceptors (Lipinski definition) is 5. The van der Waals surface area contributed by atoms with Crippen LogP contribution in [0, 0.1) is 0 Å². The fourth-order valence-electron chi connectivity index (χ4n) is 1.49. The number of aliphatic hydroxyl groups is 1. The van der Waals surface area contributed by atoms with Crippen LogP contribution in [-0.4, -0.2) is 44.3 Å². The molecule has 0 saturated carbocycles. The van der Waals surface area contributed by atoms with Crippen LogP contribution < -0.4 is 4.90 Å². The molecule has 1 aromatic heterocycles. The summed E-state index contributed by atoms with van der Waals surface area (Å²) >= 11 is 0. The highest BCUT2D eigenvalue weighted by molar-refractivity contribution is 5.94. The molecule has 0 aliphatic carbocycles. The lowest BCUT2D eigenvalue weighted by Crippen LogP contribution is -2.38. The Hall–Kier alpha value is -1.50. The molecule has 2 rings (SSSR count). The molecule has 7 heteroatoms. The van der Waals surface area contributed by atoms with Gasteiger partial charge in [-0.15, -0.1) is 5.10 Å². The number of aromatic nitrogens is 4. The number of carbonyl (C=O) groups is 1. The van der Waals surface area contributed by atoms with Crippen molar-refractivity contribution >= 4 is 11.9 Å². The Kier molecular flexibility index (Phi) is 2.40. The first-order valence-electron chi connectivity index (χ1n) is 4.52. The summed E-state index contributed by atoms with van der Waals surface area (Å²) in [6.45, 7) is 0.537. The Labute approximate surface area is 80.1 Å². The van der Waals surface area contributed by atoms with Gasteiger partial charge in [-0.3, -0.25) is 9.69 Å². The van der Waals surface area contributed by atoms with Crippen molar-refractivity contribution in [3.63, 3.8) is 0 Å². The second-order valence-electron chi connectivity index (χ2n) is 3.21. The first kappa shape index (κ1) is 9.07. The topological polar surface area (TPSA) is 95.0 Å². The minimum Gasteiger partial charge on any atom is -0.383 e. The van der Waals surface area contributed by atoms with Crippen LogP contribution in [0.4, 0.5) is 5.95 Å². The third kappa shape index (κ3) is 1.58. The van der Waals surface area contributed by atoms with Gasteiger partial charge in [0.15, 0.2) is 0 Å². The van der Waals surface area contributed by atoms with Crippen LogP contribution >= 0.6 is 0 Å². The van der Waals surface area contributed by atoms with Gasteiger partial charge < -0.3 is 5.11 Å². The molecule has 1 saturated heterocycles. The standard InChI is InChI=1S/C7H11N5O2/c13-5-3-1-2-4-12(6(5)14)7-8-10-11-9-7/h5,13H,1-4H2,(H,8,9,10,11)/t5-/m0/s1. The van der Waals surface area contributed by atoms with Gasteiger partial charge in [-0.25, -0.2) is 0 Å². The molecule has 7 nitrogen and oxygen atoms in total. The van der Waals surface area contributed by atoms with Crippen LogP contribution in [-0.2, 0) is 4.79 Å². The van der Waals surface area contributed by atoms with E-state index in [-0.39, 0.29) is 11.9 Å². The zero-order valence-electron chi connectivity index (χ0n) is 7.55. The highest BCUT2D eigenvalue weighted by atomic mass is 16.3. The van der Waals surface area contributed by atoms with E-state index >= 15 is 0 Å². The zero-order valence-corrected chi connectivity index (χ0v) is 7.55. The first-order valence-corrected chi connectivity index (χ1v) is 4.52. The summed E-state index contributed by atoms with van der Waals surface area (Å²) in [5.41, 5.74) is 0. The van der Waals surface area contributed by atoms with E-state index in [1.54, 1.807) is 0 Å². The molecule has 0 radical (unpaired) electrons. The molecule has 1 atom stereocenters. The van der Waals surface area contributed by atoms with Crippen LogP contribution in [0.2, 0.25) is 0 Å². The number of aliphatic hydroxyl groups excluding tert-OH is 1. The zero-order chi connectivity index (χ0) is 9.97. The fraction of sp³-hybridized carbons (Fsp3) is 0.714. The van der Waals surface area contributed by atoms with Gasteiger partial charge in [0, 0.05) is 6.54 Å². The molecular weight excluding hydrogens is 186 g/mol. The van der Waals surface area contributed by atoms with Crippen molar-refractivity contribution in [3.8, 4) is 0 Å². The minimum absolute atomic E-state index is 0.232. The van der Waals surface area contributed by atoms with Gasteiger partial charge in [0.1, 0.15) is 6.10 Å². The summed E-state index contributed by atoms with van der Waals surface area (Å²) in [6, 6.07) is 0. The Balaban J connectivity index is 2.20. The molecule has 0 bridgehead atoms. The minimum atomic E-state index is -0.934. The second-order valence-corrected chi connectivity index (χ2v) is 3.21. The maximum atomic E-state index is 11.6. The molecule has 1 aliphatic heterocycles. The van der Waals surface area contributed by atoms with Gasteiger partial charge in [0.05, 0.1) is 0 Å². The van der Waals surface area contributed by atoms with Crippen molar-refractivity contribution < 1.29 is 9.90 Å². The Morgan fingerprint density at radius 2 is 2.36 bits per heavy atom. The van der Waals surface area contributed by atoms with Crippen molar-refractivity contribution in [2.45, 2.75) is 25.4 Å². The normalized spacial score (nSPS) is 23.6. The molecule has 0 aromatic carbocycles. The maximum absolute atomic E-state index is 11.6. The smallest absolute Gasteiger partial charge is 0.272 e. The van der Waals surface area contributed by atoms with Crippen LogP contribution in [0.15, 0.2) is 0 Å². The monoisotopic (exact) mass is 197 g/mol. The summed E-state index contributed by atoms with van der Waals surface area (Å²) < 4.78 is 0. The highest BCUT2D eigenvalue weighted by Crippen LogP contribution is 2.15. The average molecular weight is 197 g/mol. The second kappa shape index (κ2) is 3.70. The predicted octanol–water partition coefficient (Wildman–Crippen LogP) is -0.923. The van der Waals surface area contributed by atoms with Gasteiger partial charge >= 0.3 is 0 Å². The van der Waals surface area contributed by atoms with E-state index in [1.807, 2.05) is 0 Å². The molecule has 0 spiro atoms. The van der Waals surface area contributed by atoms with Crippen LogP contribution in [0.1, 0.15) is 19.3 Å². The molecule has 1 aliphatic rings. The SMILES string of the molecule is O=C1[C@@H](O)CCCCN1c1nn[nH]n1. The molecule has 1 fully saturated rings. The third-order valence-electron chi connectivity index (χ3n) is 2.24. The van der Waals surface area contributed by atoms with E-state index in [4.69, 9.17) is 0 Å². The van der Waals surface area contributed by atoms with E-state index in [1.165, 1.54) is 4.90 Å². The van der Waals surface area contributed by atoms with Crippen LogP contribution in [0.5, 0.6) is 0 Å². The Morgan fingerprint density at radius 3 is 3.07 bits per heavy atom. The summed E-state index contributed by atoms with van der Waals surface area (Å²) in [7, 11) is 0. The number of hydrogen-bond donors (Lipinski definition) is 2. The molecule has 76 valence electrons. The molecule has 2 N–H and O–H groups in total. The summed E-state index contributed by atoms with van der Waals surface area (Å²) in [4.78, 5) is 13.0. The van der Waals surface area contributed by atoms with Gasteiger partial charge in [-0.1, -0.05) is 5.10 Å². The summed E-state index contributed by atoms with van der Waals surface area (Å²) in [5, 5.41) is 22.5. The van der Waals surface area contributed by atoms with Crippen molar-refractivity contribution in [3.05, 3.63) is 0 Å². The van der Waals surface area contributed by atoms with Crippen molar-refractivity contribution in [2.75, 3.05) is 11.4 Å². The van der Waals surface area contributed by atoms with E-state index in [0.717, 1.165) is 12.8 Å². The molecular formula is C7H11N5O2. The van der Waals surface area contributed by atoms with Gasteiger partial charge in [-0.2, -0.15) is 5.21 Å². The summed E-state index contributed by atoms with van der Waals surface area (Å²) in [6.07, 6.45) is 1.25. The van der Waals surface area contributed by atoms with Gasteiger partial charge in [0.2, 0.25) is 0 Å². The van der Waals surface area contributed by atoms with E-state index < -0.39 is 6.10 Å². The maximum Gasteiger partial charge on any atom is 0.272 e. The number of rotatable bonds is 1. The molecule has 1 aromatic rings. The van der Waals surface area contributed by atoms with Crippen molar-refractivity contribution in [1.29, 1.82) is 0 Å². The fourth-order valence-corrected chi connectivity index (χ4v) is 1.49. The lowest BCUT2D eigenvalue weighted by Gasteiger charge is -2.17. The number of nitrogens with zero attached hydrogens (tertiary/aromatic N) is 4. The summed E-state index contributed by atoms with van der Waals surface area (Å²) in [5.74, 6) is -0.111. The predicted molar refractivity (Wildman–Crippen MR) is 46.4 cm³/mol. The lowest BCUT2D eigenvalue weighted by molar-refractivity contribution is -0.126. The Morgan fingerprint density at radius 1 is 1.50 bits per heavy atom. The van der Waals surface area contributed by atoms with E-state index in [0.29, 0.717) is 13.0 Å².